The van der Waals surface area contributed by atoms with Crippen LogP contribution in [-0.2, 0) is 49.9 Å². The lowest BCUT2D eigenvalue weighted by molar-refractivity contribution is -0.131. The Labute approximate surface area is 360 Å². The number of aliphatic imine (C=N–C) groups is 1. The molecule has 0 aromatic heterocycles. The number of benzene rings is 6. The summed E-state index contributed by atoms with van der Waals surface area (Å²) in [5.74, 6) is -1.56. The van der Waals surface area contributed by atoms with Crippen LogP contribution < -0.4 is 26.6 Å². The molecule has 62 heavy (non-hydrogen) atoms. The summed E-state index contributed by atoms with van der Waals surface area (Å²) >= 11 is 0. The Morgan fingerprint density at radius 3 is 1.63 bits per heavy atom. The summed E-state index contributed by atoms with van der Waals surface area (Å²) in [5, 5.41) is 17.8. The van der Waals surface area contributed by atoms with E-state index in [1.807, 2.05) is 115 Å². The molecule has 0 aliphatic carbocycles. The van der Waals surface area contributed by atoms with E-state index >= 15 is 0 Å². The summed E-state index contributed by atoms with van der Waals surface area (Å²) in [7, 11) is 0. The minimum Gasteiger partial charge on any atom is -0.444 e. The summed E-state index contributed by atoms with van der Waals surface area (Å²) in [6.07, 6.45) is -0.602. The Morgan fingerprint density at radius 1 is 0.548 bits per heavy atom. The first kappa shape index (κ1) is 44.0. The Bertz CT molecular complexity index is 2440. The molecule has 0 aliphatic rings. The first-order valence-electron chi connectivity index (χ1n) is 20.5. The highest BCUT2D eigenvalue weighted by Gasteiger charge is 2.26. The molecule has 0 radical (unpaired) electrons. The fourth-order valence-electron chi connectivity index (χ4n) is 6.75. The second-order valence-corrected chi connectivity index (χ2v) is 14.7. The Hall–Kier alpha value is -7.54. The third kappa shape index (κ3) is 14.0. The van der Waals surface area contributed by atoms with Crippen molar-refractivity contribution in [2.45, 2.75) is 57.9 Å². The monoisotopic (exact) mass is 834 g/mol. The van der Waals surface area contributed by atoms with Crippen LogP contribution in [0.15, 0.2) is 151 Å². The largest absolute Gasteiger partial charge is 0.444 e. The molecule has 13 nitrogen and oxygen atoms in total. The molecule has 0 aliphatic heterocycles. The predicted octanol–water partition coefficient (Wildman–Crippen LogP) is 6.87. The molecule has 0 heterocycles. The number of hydrogen-bond donors (Lipinski definition) is 5. The van der Waals surface area contributed by atoms with Gasteiger partial charge in [0.15, 0.2) is 0 Å². The number of nitrogens with one attached hydrogen (secondary N) is 5. The number of guanidine groups is 1. The number of carbonyl (C=O) groups is 5. The lowest BCUT2D eigenvalue weighted by atomic mass is 10.0. The van der Waals surface area contributed by atoms with Gasteiger partial charge in [-0.3, -0.25) is 30.0 Å². The summed E-state index contributed by atoms with van der Waals surface area (Å²) in [6, 6.07) is 44.1. The van der Waals surface area contributed by atoms with E-state index in [1.54, 1.807) is 24.3 Å². The van der Waals surface area contributed by atoms with Crippen LogP contribution in [0.1, 0.15) is 42.0 Å². The molecule has 2 atom stereocenters. The number of fused-ring (bicyclic) bond motifs is 2. The lowest BCUT2D eigenvalue weighted by Gasteiger charge is -2.23. The van der Waals surface area contributed by atoms with Gasteiger partial charge < -0.3 is 25.4 Å². The van der Waals surface area contributed by atoms with Crippen LogP contribution in [0, 0.1) is 0 Å². The number of amides is 5. The number of rotatable bonds is 17. The second-order valence-electron chi connectivity index (χ2n) is 14.7. The molecule has 6 aromatic rings. The molecule has 0 bridgehead atoms. The fraction of sp³-hybridized carbons (Fsp3) is 0.224. The SMILES string of the molecule is CC(=O)N[C@H](Cc1ccc2ccccc2c1)C(=O)N[C@@H](CCCN=C(NC(=O)OCc1ccccc1)NC(=O)OCc1ccccc1)C(=O)NCCc1ccc2ccccc2c1. The van der Waals surface area contributed by atoms with Crippen molar-refractivity contribution in [2.75, 3.05) is 13.1 Å². The van der Waals surface area contributed by atoms with Crippen LogP contribution in [0.2, 0.25) is 0 Å². The van der Waals surface area contributed by atoms with Crippen molar-refractivity contribution < 1.29 is 33.4 Å². The molecular formula is C49H50N6O7. The number of alkyl carbamates (subject to hydrolysis) is 2. The zero-order chi connectivity index (χ0) is 43.5. The van der Waals surface area contributed by atoms with Gasteiger partial charge in [0.05, 0.1) is 0 Å². The van der Waals surface area contributed by atoms with Crippen molar-refractivity contribution in [1.29, 1.82) is 0 Å². The van der Waals surface area contributed by atoms with Crippen LogP contribution in [0.4, 0.5) is 9.59 Å². The second kappa shape index (κ2) is 22.7. The average Bonchev–Trinajstić information content (AvgIpc) is 3.28. The number of ether oxygens (including phenoxy) is 2. The molecule has 318 valence electrons. The van der Waals surface area contributed by atoms with E-state index in [-0.39, 0.29) is 45.0 Å². The Kier molecular flexibility index (Phi) is 16.1. The minimum absolute atomic E-state index is 0.0178. The van der Waals surface area contributed by atoms with Crippen LogP contribution in [0.3, 0.4) is 0 Å². The number of nitrogens with zero attached hydrogens (tertiary/aromatic N) is 1. The maximum atomic E-state index is 13.9. The van der Waals surface area contributed by atoms with E-state index in [2.05, 4.69) is 37.6 Å². The molecule has 0 unspecified atom stereocenters. The standard InChI is InChI=1S/C49H50N6O7/c1-34(56)52-44(31-38-23-25-40-18-9-11-20-42(40)30-38)46(58)53-43(45(57)50-28-26-35-22-24-39-17-8-10-19-41(39)29-35)21-12-27-51-47(54-48(59)61-32-36-13-4-2-5-14-36)55-49(60)62-33-37-15-6-3-7-16-37/h2-11,13-20,22-25,29-30,43-44H,12,21,26-28,31-33H2,1H3,(H,50,57)(H,52,56)(H,53,58)(H2,51,54,55,59,60)/t43-,44+/m0/s1. The molecule has 6 rings (SSSR count). The molecule has 5 N–H and O–H groups in total. The third-order valence-electron chi connectivity index (χ3n) is 9.89. The van der Waals surface area contributed by atoms with Crippen LogP contribution in [-0.4, -0.2) is 61.0 Å². The van der Waals surface area contributed by atoms with Crippen LogP contribution in [0.5, 0.6) is 0 Å². The Balaban J connectivity index is 1.13. The quantitative estimate of drug-likeness (QED) is 0.0378. The van der Waals surface area contributed by atoms with Gasteiger partial charge in [0.25, 0.3) is 0 Å². The number of carbonyl (C=O) groups excluding carboxylic acids is 5. The lowest BCUT2D eigenvalue weighted by Crippen LogP contribution is -2.54. The molecule has 0 saturated carbocycles. The van der Waals surface area contributed by atoms with Crippen LogP contribution >= 0.6 is 0 Å². The van der Waals surface area contributed by atoms with Gasteiger partial charge in [-0.15, -0.1) is 0 Å². The number of hydrogen-bond acceptors (Lipinski definition) is 8. The first-order valence-corrected chi connectivity index (χ1v) is 20.5. The third-order valence-corrected chi connectivity index (χ3v) is 9.89. The highest BCUT2D eigenvalue weighted by Crippen LogP contribution is 2.18. The van der Waals surface area contributed by atoms with Crippen molar-refractivity contribution >= 4 is 57.4 Å². The van der Waals surface area contributed by atoms with E-state index in [1.165, 1.54) is 6.92 Å². The topological polar surface area (TPSA) is 176 Å². The van der Waals surface area contributed by atoms with Crippen molar-refractivity contribution in [3.8, 4) is 0 Å². The van der Waals surface area contributed by atoms with Gasteiger partial charge in [-0.1, -0.05) is 146 Å². The highest BCUT2D eigenvalue weighted by atomic mass is 16.6. The van der Waals surface area contributed by atoms with E-state index < -0.39 is 42.0 Å². The molecular weight excluding hydrogens is 785 g/mol. The molecule has 13 heteroatoms. The van der Waals surface area contributed by atoms with Gasteiger partial charge in [-0.05, 0) is 63.1 Å². The molecule has 0 saturated heterocycles. The van der Waals surface area contributed by atoms with Gasteiger partial charge >= 0.3 is 12.2 Å². The summed E-state index contributed by atoms with van der Waals surface area (Å²) < 4.78 is 10.7. The van der Waals surface area contributed by atoms with Gasteiger partial charge in [0, 0.05) is 26.4 Å². The predicted molar refractivity (Wildman–Crippen MR) is 239 cm³/mol. The minimum atomic E-state index is -1.02. The molecule has 6 aromatic carbocycles. The Morgan fingerprint density at radius 2 is 1.06 bits per heavy atom. The van der Waals surface area contributed by atoms with E-state index in [0.29, 0.717) is 13.0 Å². The van der Waals surface area contributed by atoms with Gasteiger partial charge in [0.2, 0.25) is 23.7 Å². The van der Waals surface area contributed by atoms with Crippen LogP contribution in [0.25, 0.3) is 21.5 Å². The zero-order valence-electron chi connectivity index (χ0n) is 34.5. The van der Waals surface area contributed by atoms with Crippen molar-refractivity contribution in [3.05, 3.63) is 168 Å². The van der Waals surface area contributed by atoms with Gasteiger partial charge in [-0.25, -0.2) is 9.59 Å². The smallest absolute Gasteiger partial charge is 0.414 e. The fourth-order valence-corrected chi connectivity index (χ4v) is 6.75. The van der Waals surface area contributed by atoms with Gasteiger partial charge in [0.1, 0.15) is 25.3 Å². The molecule has 0 fully saturated rings. The molecule has 0 spiro atoms. The maximum Gasteiger partial charge on any atom is 0.414 e. The van der Waals surface area contributed by atoms with Gasteiger partial charge in [-0.2, -0.15) is 0 Å². The van der Waals surface area contributed by atoms with E-state index in [0.717, 1.165) is 43.8 Å². The molecule has 5 amide bonds. The van der Waals surface area contributed by atoms with Crippen molar-refractivity contribution in [2.24, 2.45) is 4.99 Å². The normalized spacial score (nSPS) is 11.7. The van der Waals surface area contributed by atoms with Crippen molar-refractivity contribution in [1.82, 2.24) is 26.6 Å². The first-order chi connectivity index (χ1) is 30.2. The highest BCUT2D eigenvalue weighted by molar-refractivity contribution is 6.01. The summed E-state index contributed by atoms with van der Waals surface area (Å²) in [4.78, 5) is 70.1. The maximum absolute atomic E-state index is 13.9. The zero-order valence-corrected chi connectivity index (χ0v) is 34.5. The average molecular weight is 835 g/mol. The summed E-state index contributed by atoms with van der Waals surface area (Å²) in [5.41, 5.74) is 3.40. The van der Waals surface area contributed by atoms with E-state index in [4.69, 9.17) is 9.47 Å². The summed E-state index contributed by atoms with van der Waals surface area (Å²) in [6.45, 7) is 1.63. The van der Waals surface area contributed by atoms with Crippen molar-refractivity contribution in [3.63, 3.8) is 0 Å². The van der Waals surface area contributed by atoms with E-state index in [9.17, 15) is 24.0 Å².